The number of aryl methyl sites for hydroxylation is 1. The molecular formula is C17H18FN5O2. The lowest BCUT2D eigenvalue weighted by Crippen LogP contribution is -2.23. The van der Waals surface area contributed by atoms with Crippen molar-refractivity contribution in [2.75, 3.05) is 18.5 Å². The van der Waals surface area contributed by atoms with Crippen molar-refractivity contribution < 1.29 is 13.9 Å². The summed E-state index contributed by atoms with van der Waals surface area (Å²) in [5, 5.41) is 15.3. The third-order valence-corrected chi connectivity index (χ3v) is 4.42. The molecule has 7 nitrogen and oxygen atoms in total. The van der Waals surface area contributed by atoms with Gasteiger partial charge in [-0.25, -0.2) is 9.07 Å². The van der Waals surface area contributed by atoms with E-state index in [1.54, 1.807) is 16.8 Å². The monoisotopic (exact) mass is 343 g/mol. The number of aromatic nitrogens is 4. The lowest BCUT2D eigenvalue weighted by atomic mass is 10.1. The number of H-pyrrole nitrogens is 1. The third kappa shape index (κ3) is 3.00. The van der Waals surface area contributed by atoms with Gasteiger partial charge in [-0.3, -0.25) is 9.89 Å². The number of ether oxygens (including phenoxy) is 1. The summed E-state index contributed by atoms with van der Waals surface area (Å²) in [6.45, 7) is 3.41. The molecule has 1 amide bonds. The Hall–Kier alpha value is -2.74. The summed E-state index contributed by atoms with van der Waals surface area (Å²) in [7, 11) is 0. The number of halogens is 1. The van der Waals surface area contributed by atoms with Crippen LogP contribution < -0.4 is 5.32 Å². The van der Waals surface area contributed by atoms with Gasteiger partial charge >= 0.3 is 0 Å². The van der Waals surface area contributed by atoms with E-state index in [1.807, 2.05) is 6.92 Å². The van der Waals surface area contributed by atoms with E-state index < -0.39 is 0 Å². The maximum atomic E-state index is 13.0. The first-order chi connectivity index (χ1) is 12.1. The van der Waals surface area contributed by atoms with Crippen LogP contribution in [0.15, 0.2) is 24.3 Å². The van der Waals surface area contributed by atoms with Gasteiger partial charge in [0.25, 0.3) is 0 Å². The van der Waals surface area contributed by atoms with Gasteiger partial charge in [0.05, 0.1) is 30.1 Å². The van der Waals surface area contributed by atoms with Crippen molar-refractivity contribution in [1.29, 1.82) is 0 Å². The second kappa shape index (κ2) is 6.29. The standard InChI is InChI=1S/C17H18FN5O2/c1-10-14-15(19-17(24)12-6-7-25-9-12)20-21-16(14)23(22-10)8-11-2-4-13(18)5-3-11/h2-5,12H,6-9H2,1H3,(H2,19,20,21,24)/t12-/m0/s1. The Bertz CT molecular complexity index is 909. The second-order valence-electron chi connectivity index (χ2n) is 6.22. The Labute approximate surface area is 143 Å². The quantitative estimate of drug-likeness (QED) is 0.761. The van der Waals surface area contributed by atoms with E-state index in [2.05, 4.69) is 20.6 Å². The number of carbonyl (C=O) groups is 1. The Balaban J connectivity index is 1.59. The lowest BCUT2D eigenvalue weighted by Gasteiger charge is -2.07. The summed E-state index contributed by atoms with van der Waals surface area (Å²) in [5.74, 6) is 0.0719. The SMILES string of the molecule is Cc1nn(Cc2ccc(F)cc2)c2n[nH]c(NC(=O)[C@H]3CCOC3)c12. The number of nitrogens with zero attached hydrogens (tertiary/aromatic N) is 3. The van der Waals surface area contributed by atoms with E-state index in [0.717, 1.165) is 23.1 Å². The number of benzene rings is 1. The number of carbonyl (C=O) groups excluding carboxylic acids is 1. The minimum atomic E-state index is -0.272. The van der Waals surface area contributed by atoms with E-state index in [0.29, 0.717) is 31.2 Å². The van der Waals surface area contributed by atoms with Gasteiger partial charge in [0, 0.05) is 6.61 Å². The minimum Gasteiger partial charge on any atom is -0.381 e. The summed E-state index contributed by atoms with van der Waals surface area (Å²) in [5.41, 5.74) is 2.34. The van der Waals surface area contributed by atoms with Crippen molar-refractivity contribution in [3.63, 3.8) is 0 Å². The van der Waals surface area contributed by atoms with E-state index in [-0.39, 0.29) is 17.6 Å². The minimum absolute atomic E-state index is 0.0752. The maximum Gasteiger partial charge on any atom is 0.231 e. The lowest BCUT2D eigenvalue weighted by molar-refractivity contribution is -0.119. The van der Waals surface area contributed by atoms with E-state index in [4.69, 9.17) is 4.74 Å². The molecule has 4 rings (SSSR count). The Morgan fingerprint density at radius 3 is 2.96 bits per heavy atom. The Kier molecular flexibility index (Phi) is 3.96. The summed E-state index contributed by atoms with van der Waals surface area (Å²) in [6.07, 6.45) is 0.728. The molecule has 3 aromatic rings. The van der Waals surface area contributed by atoms with Gasteiger partial charge in [-0.2, -0.15) is 10.2 Å². The average Bonchev–Trinajstić information content (AvgIpc) is 3.30. The van der Waals surface area contributed by atoms with Gasteiger partial charge in [-0.1, -0.05) is 12.1 Å². The van der Waals surface area contributed by atoms with Crippen molar-refractivity contribution in [1.82, 2.24) is 20.0 Å². The molecule has 3 heterocycles. The molecule has 1 aromatic carbocycles. The molecule has 130 valence electrons. The molecule has 1 atom stereocenters. The molecular weight excluding hydrogens is 325 g/mol. The molecule has 2 N–H and O–H groups in total. The second-order valence-corrected chi connectivity index (χ2v) is 6.22. The fourth-order valence-electron chi connectivity index (χ4n) is 3.07. The molecule has 0 saturated carbocycles. The summed E-state index contributed by atoms with van der Waals surface area (Å²) in [4.78, 5) is 12.3. The molecule has 2 aromatic heterocycles. The number of hydrogen-bond donors (Lipinski definition) is 2. The molecule has 0 bridgehead atoms. The molecule has 1 aliphatic rings. The van der Waals surface area contributed by atoms with Crippen LogP contribution in [0, 0.1) is 18.7 Å². The average molecular weight is 343 g/mol. The Morgan fingerprint density at radius 2 is 2.24 bits per heavy atom. The summed E-state index contributed by atoms with van der Waals surface area (Å²) < 4.78 is 20.0. The number of rotatable bonds is 4. The van der Waals surface area contributed by atoms with Crippen LogP contribution >= 0.6 is 0 Å². The molecule has 0 spiro atoms. The van der Waals surface area contributed by atoms with Crippen LogP contribution in [-0.4, -0.2) is 39.1 Å². The van der Waals surface area contributed by atoms with E-state index in [9.17, 15) is 9.18 Å². The zero-order chi connectivity index (χ0) is 17.4. The first-order valence-corrected chi connectivity index (χ1v) is 8.16. The molecule has 25 heavy (non-hydrogen) atoms. The highest BCUT2D eigenvalue weighted by Crippen LogP contribution is 2.26. The predicted octanol–water partition coefficient (Wildman–Crippen LogP) is 2.23. The molecule has 0 radical (unpaired) electrons. The maximum absolute atomic E-state index is 13.0. The van der Waals surface area contributed by atoms with Gasteiger partial charge < -0.3 is 10.1 Å². The number of amides is 1. The molecule has 0 aliphatic carbocycles. The normalized spacial score (nSPS) is 17.3. The number of aromatic amines is 1. The van der Waals surface area contributed by atoms with Crippen molar-refractivity contribution in [3.05, 3.63) is 41.3 Å². The first-order valence-electron chi connectivity index (χ1n) is 8.16. The summed E-state index contributed by atoms with van der Waals surface area (Å²) in [6, 6.07) is 6.27. The smallest absolute Gasteiger partial charge is 0.231 e. The van der Waals surface area contributed by atoms with Crippen LogP contribution in [0.2, 0.25) is 0 Å². The Morgan fingerprint density at radius 1 is 1.44 bits per heavy atom. The number of fused-ring (bicyclic) bond motifs is 1. The predicted molar refractivity (Wildman–Crippen MR) is 89.7 cm³/mol. The fraction of sp³-hybridized carbons (Fsp3) is 0.353. The third-order valence-electron chi connectivity index (χ3n) is 4.42. The highest BCUT2D eigenvalue weighted by Gasteiger charge is 2.25. The molecule has 8 heteroatoms. The molecule has 1 aliphatic heterocycles. The van der Waals surface area contributed by atoms with E-state index in [1.165, 1.54) is 12.1 Å². The largest absolute Gasteiger partial charge is 0.381 e. The van der Waals surface area contributed by atoms with Crippen LogP contribution in [0.4, 0.5) is 10.2 Å². The van der Waals surface area contributed by atoms with E-state index >= 15 is 0 Å². The zero-order valence-electron chi connectivity index (χ0n) is 13.8. The highest BCUT2D eigenvalue weighted by molar-refractivity contribution is 6.00. The van der Waals surface area contributed by atoms with Gasteiger partial charge in [-0.15, -0.1) is 0 Å². The van der Waals surface area contributed by atoms with Crippen LogP contribution in [0.5, 0.6) is 0 Å². The van der Waals surface area contributed by atoms with Crippen LogP contribution in [0.25, 0.3) is 11.0 Å². The fourth-order valence-corrected chi connectivity index (χ4v) is 3.07. The van der Waals surface area contributed by atoms with Crippen molar-refractivity contribution in [2.24, 2.45) is 5.92 Å². The van der Waals surface area contributed by atoms with Crippen LogP contribution in [0.1, 0.15) is 17.7 Å². The van der Waals surface area contributed by atoms with Gasteiger partial charge in [-0.05, 0) is 31.0 Å². The molecule has 0 unspecified atom stereocenters. The first kappa shape index (κ1) is 15.8. The number of anilines is 1. The topological polar surface area (TPSA) is 84.8 Å². The molecule has 1 saturated heterocycles. The van der Waals surface area contributed by atoms with Crippen molar-refractivity contribution in [3.8, 4) is 0 Å². The van der Waals surface area contributed by atoms with Crippen LogP contribution in [-0.2, 0) is 16.1 Å². The van der Waals surface area contributed by atoms with Gasteiger partial charge in [0.1, 0.15) is 11.6 Å². The van der Waals surface area contributed by atoms with Crippen LogP contribution in [0.3, 0.4) is 0 Å². The van der Waals surface area contributed by atoms with Crippen molar-refractivity contribution >= 4 is 22.8 Å². The molecule has 1 fully saturated rings. The highest BCUT2D eigenvalue weighted by atomic mass is 19.1. The van der Waals surface area contributed by atoms with Gasteiger partial charge in [0.2, 0.25) is 5.91 Å². The zero-order valence-corrected chi connectivity index (χ0v) is 13.8. The summed E-state index contributed by atoms with van der Waals surface area (Å²) >= 11 is 0. The number of hydrogen-bond acceptors (Lipinski definition) is 4. The van der Waals surface area contributed by atoms with Crippen molar-refractivity contribution in [2.45, 2.75) is 19.9 Å². The number of nitrogens with one attached hydrogen (secondary N) is 2. The van der Waals surface area contributed by atoms with Gasteiger partial charge in [0.15, 0.2) is 5.65 Å².